The van der Waals surface area contributed by atoms with Gasteiger partial charge in [-0.15, -0.1) is 0 Å². The summed E-state index contributed by atoms with van der Waals surface area (Å²) in [7, 11) is 3.94. The molecular weight excluding hydrogens is 441 g/mol. The molecule has 6 nitrogen and oxygen atoms in total. The molecule has 2 aromatic carbocycles. The lowest BCUT2D eigenvalue weighted by Gasteiger charge is -2.38. The highest BCUT2D eigenvalue weighted by Crippen LogP contribution is 2.60. The zero-order valence-electron chi connectivity index (χ0n) is 18.9. The Hall–Kier alpha value is -2.21. The van der Waals surface area contributed by atoms with E-state index in [1.807, 2.05) is 41.9 Å². The summed E-state index contributed by atoms with van der Waals surface area (Å²) in [4.78, 5) is 27.9. The highest BCUT2D eigenvalue weighted by molar-refractivity contribution is 8.18. The minimum Gasteiger partial charge on any atom is -0.462 e. The van der Waals surface area contributed by atoms with E-state index in [2.05, 4.69) is 16.8 Å². The van der Waals surface area contributed by atoms with Crippen molar-refractivity contribution in [3.63, 3.8) is 0 Å². The van der Waals surface area contributed by atoms with Gasteiger partial charge in [-0.1, -0.05) is 24.6 Å². The molecule has 0 aromatic heterocycles. The van der Waals surface area contributed by atoms with Crippen molar-refractivity contribution in [1.29, 1.82) is 0 Å². The van der Waals surface area contributed by atoms with Crippen molar-refractivity contribution >= 4 is 46.7 Å². The van der Waals surface area contributed by atoms with Gasteiger partial charge in [-0.2, -0.15) is 0 Å². The fraction of sp³-hybridized carbons (Fsp3) is 0.417. The summed E-state index contributed by atoms with van der Waals surface area (Å²) in [5.74, 6) is -0.419. The Labute approximate surface area is 195 Å². The van der Waals surface area contributed by atoms with E-state index in [1.54, 1.807) is 19.1 Å². The first-order chi connectivity index (χ1) is 15.4. The maximum atomic E-state index is 13.8. The van der Waals surface area contributed by atoms with Crippen LogP contribution in [0.4, 0.5) is 11.4 Å². The van der Waals surface area contributed by atoms with Gasteiger partial charge in [0, 0.05) is 38.2 Å². The first kappa shape index (κ1) is 23.0. The predicted octanol–water partition coefficient (Wildman–Crippen LogP) is 4.40. The summed E-state index contributed by atoms with van der Waals surface area (Å²) >= 11 is 6.45. The summed E-state index contributed by atoms with van der Waals surface area (Å²) in [6.45, 7) is 3.91. The van der Waals surface area contributed by atoms with E-state index in [1.165, 1.54) is 12.8 Å². The second kappa shape index (κ2) is 9.34. The standard InChI is InChI=1S/C24H30N3O3PS/c1-4-30-24(29)18-9-11-19(12-10-18)27-23(28)21-17-20(25(2)3)13-14-22(21)31(27,32)26-15-7-5-6-8-16-26/h9-14,17H,4-8,15-16H2,1-3H3/t31-/m0/s1. The Kier molecular flexibility index (Phi) is 6.70. The van der Waals surface area contributed by atoms with Gasteiger partial charge in [-0.05, 0) is 62.2 Å². The number of anilines is 2. The third-order valence-corrected chi connectivity index (χ3v) is 11.0. The topological polar surface area (TPSA) is 53.1 Å². The van der Waals surface area contributed by atoms with Gasteiger partial charge in [-0.25, -0.2) is 4.79 Å². The van der Waals surface area contributed by atoms with Gasteiger partial charge in [0.1, 0.15) is 6.34 Å². The van der Waals surface area contributed by atoms with E-state index in [0.29, 0.717) is 17.7 Å². The molecule has 0 unspecified atom stereocenters. The molecule has 2 aromatic rings. The van der Waals surface area contributed by atoms with Crippen LogP contribution >= 0.6 is 6.34 Å². The average molecular weight is 472 g/mol. The smallest absolute Gasteiger partial charge is 0.338 e. The number of ether oxygens (including phenoxy) is 1. The predicted molar refractivity (Wildman–Crippen MR) is 134 cm³/mol. The number of rotatable bonds is 5. The van der Waals surface area contributed by atoms with Crippen LogP contribution in [-0.4, -0.2) is 50.3 Å². The summed E-state index contributed by atoms with van der Waals surface area (Å²) in [6.07, 6.45) is 2.03. The van der Waals surface area contributed by atoms with E-state index in [9.17, 15) is 9.59 Å². The lowest BCUT2D eigenvalue weighted by atomic mass is 10.1. The Morgan fingerprint density at radius 2 is 1.72 bits per heavy atom. The number of benzene rings is 2. The molecule has 2 aliphatic rings. The lowest BCUT2D eigenvalue weighted by Crippen LogP contribution is -2.34. The number of hydrogen-bond acceptors (Lipinski definition) is 5. The molecule has 1 amide bonds. The second-order valence-electron chi connectivity index (χ2n) is 8.39. The molecule has 0 saturated carbocycles. The Balaban J connectivity index is 1.81. The summed E-state index contributed by atoms with van der Waals surface area (Å²) in [5, 5.41) is 0.972. The van der Waals surface area contributed by atoms with Gasteiger partial charge in [0.15, 0.2) is 0 Å². The van der Waals surface area contributed by atoms with Crippen LogP contribution in [0.25, 0.3) is 0 Å². The zero-order chi connectivity index (χ0) is 22.9. The van der Waals surface area contributed by atoms with Gasteiger partial charge in [0.25, 0.3) is 5.91 Å². The zero-order valence-corrected chi connectivity index (χ0v) is 20.6. The second-order valence-corrected chi connectivity index (χ2v) is 12.5. The molecule has 1 fully saturated rings. The summed E-state index contributed by atoms with van der Waals surface area (Å²) < 4.78 is 9.33. The molecule has 32 heavy (non-hydrogen) atoms. The van der Waals surface area contributed by atoms with Gasteiger partial charge in [0.05, 0.1) is 23.4 Å². The van der Waals surface area contributed by atoms with E-state index in [0.717, 1.165) is 42.6 Å². The highest BCUT2D eigenvalue weighted by atomic mass is 32.4. The van der Waals surface area contributed by atoms with Gasteiger partial charge in [0.2, 0.25) is 0 Å². The molecule has 1 atom stereocenters. The number of carbonyl (C=O) groups is 2. The normalized spacial score (nSPS) is 21.2. The molecular formula is C24H30N3O3PS. The van der Waals surface area contributed by atoms with Gasteiger partial charge in [-0.3, -0.25) is 14.1 Å². The van der Waals surface area contributed by atoms with Crippen molar-refractivity contribution in [3.05, 3.63) is 53.6 Å². The summed E-state index contributed by atoms with van der Waals surface area (Å²) in [5.41, 5.74) is 2.88. The Bertz CT molecular complexity index is 1060. The minimum atomic E-state index is -2.54. The first-order valence-electron chi connectivity index (χ1n) is 11.2. The molecule has 0 bridgehead atoms. The Morgan fingerprint density at radius 3 is 2.31 bits per heavy atom. The van der Waals surface area contributed by atoms with Crippen molar-refractivity contribution in [2.45, 2.75) is 32.6 Å². The monoisotopic (exact) mass is 471 g/mol. The maximum absolute atomic E-state index is 13.8. The molecule has 0 radical (unpaired) electrons. The van der Waals surface area contributed by atoms with Gasteiger partial charge < -0.3 is 9.64 Å². The highest BCUT2D eigenvalue weighted by Gasteiger charge is 2.47. The molecule has 2 aliphatic heterocycles. The average Bonchev–Trinajstić information content (AvgIpc) is 2.97. The SMILES string of the molecule is CCOC(=O)c1ccc(N2C(=O)c3cc(N(C)C)ccc3[P@]2(=S)N2CCCCCC2)cc1. The van der Waals surface area contributed by atoms with Crippen molar-refractivity contribution in [2.24, 2.45) is 0 Å². The quantitative estimate of drug-likeness (QED) is 0.476. The Morgan fingerprint density at radius 1 is 1.06 bits per heavy atom. The molecule has 2 heterocycles. The van der Waals surface area contributed by atoms with Crippen LogP contribution in [0.15, 0.2) is 42.5 Å². The van der Waals surface area contributed by atoms with E-state index in [4.69, 9.17) is 16.5 Å². The summed E-state index contributed by atoms with van der Waals surface area (Å²) in [6, 6.07) is 13.2. The van der Waals surface area contributed by atoms with Crippen molar-refractivity contribution in [2.75, 3.05) is 43.4 Å². The van der Waals surface area contributed by atoms with Crippen molar-refractivity contribution < 1.29 is 14.3 Å². The molecule has 0 N–H and O–H groups in total. The van der Waals surface area contributed by atoms with Crippen LogP contribution in [0.2, 0.25) is 0 Å². The maximum Gasteiger partial charge on any atom is 0.338 e. The van der Waals surface area contributed by atoms with Crippen LogP contribution in [0, 0.1) is 0 Å². The van der Waals surface area contributed by atoms with Crippen LogP contribution in [0.3, 0.4) is 0 Å². The minimum absolute atomic E-state index is 0.0554. The van der Waals surface area contributed by atoms with Crippen LogP contribution < -0.4 is 14.9 Å². The molecule has 170 valence electrons. The van der Waals surface area contributed by atoms with E-state index < -0.39 is 6.34 Å². The fourth-order valence-electron chi connectivity index (χ4n) is 4.40. The molecule has 4 rings (SSSR count). The molecule has 0 spiro atoms. The van der Waals surface area contributed by atoms with Crippen LogP contribution in [0.1, 0.15) is 53.3 Å². The van der Waals surface area contributed by atoms with Crippen molar-refractivity contribution in [3.8, 4) is 0 Å². The number of hydrogen-bond donors (Lipinski definition) is 0. The number of esters is 1. The molecule has 8 heteroatoms. The molecule has 1 saturated heterocycles. The largest absolute Gasteiger partial charge is 0.462 e. The van der Waals surface area contributed by atoms with Crippen LogP contribution in [-0.2, 0) is 16.5 Å². The third-order valence-electron chi connectivity index (χ3n) is 6.09. The van der Waals surface area contributed by atoms with Crippen molar-refractivity contribution in [1.82, 2.24) is 4.67 Å². The number of fused-ring (bicyclic) bond motifs is 1. The van der Waals surface area contributed by atoms with Crippen LogP contribution in [0.5, 0.6) is 0 Å². The fourth-order valence-corrected chi connectivity index (χ4v) is 9.02. The first-order valence-corrected chi connectivity index (χ1v) is 13.9. The lowest BCUT2D eigenvalue weighted by molar-refractivity contribution is 0.0526. The van der Waals surface area contributed by atoms with Gasteiger partial charge >= 0.3 is 5.97 Å². The third kappa shape index (κ3) is 3.98. The number of amides is 1. The van der Waals surface area contributed by atoms with E-state index >= 15 is 0 Å². The molecule has 0 aliphatic carbocycles. The van der Waals surface area contributed by atoms with E-state index in [-0.39, 0.29) is 11.9 Å². The number of nitrogens with zero attached hydrogens (tertiary/aromatic N) is 3. The number of carbonyl (C=O) groups excluding carboxylic acids is 2.